The monoisotopic (exact) mass is 446 g/mol. The zero-order valence-electron chi connectivity index (χ0n) is 19.3. The molecule has 8 nitrogen and oxygen atoms in total. The molecular formula is C25H30N6O2. The third-order valence-corrected chi connectivity index (χ3v) is 5.91. The molecule has 2 aliphatic rings. The molecule has 1 aromatic carbocycles. The first-order valence-corrected chi connectivity index (χ1v) is 11.5. The minimum Gasteiger partial charge on any atom is -0.359 e. The van der Waals surface area contributed by atoms with Gasteiger partial charge in [-0.2, -0.15) is 0 Å². The lowest BCUT2D eigenvalue weighted by Crippen LogP contribution is -2.26. The van der Waals surface area contributed by atoms with Crippen LogP contribution in [0.1, 0.15) is 60.9 Å². The molecule has 2 aromatic heterocycles. The molecule has 1 aliphatic carbocycles. The van der Waals surface area contributed by atoms with Crippen molar-refractivity contribution >= 4 is 29.0 Å². The Morgan fingerprint density at radius 1 is 1.06 bits per heavy atom. The molecule has 1 aliphatic heterocycles. The van der Waals surface area contributed by atoms with Crippen molar-refractivity contribution in [1.29, 1.82) is 0 Å². The summed E-state index contributed by atoms with van der Waals surface area (Å²) in [6.07, 6.45) is 3.05. The van der Waals surface area contributed by atoms with Crippen LogP contribution in [0.5, 0.6) is 0 Å². The predicted molar refractivity (Wildman–Crippen MR) is 128 cm³/mol. The maximum absolute atomic E-state index is 12.8. The lowest BCUT2D eigenvalue weighted by atomic mass is 9.93. The van der Waals surface area contributed by atoms with Crippen molar-refractivity contribution in [2.24, 2.45) is 0 Å². The van der Waals surface area contributed by atoms with E-state index in [1.807, 2.05) is 12.1 Å². The first-order chi connectivity index (χ1) is 15.8. The van der Waals surface area contributed by atoms with Crippen molar-refractivity contribution in [3.8, 4) is 0 Å². The van der Waals surface area contributed by atoms with Gasteiger partial charge in [-0.15, -0.1) is 0 Å². The number of benzene rings is 1. The van der Waals surface area contributed by atoms with Crippen LogP contribution in [0.25, 0.3) is 0 Å². The molecule has 3 heterocycles. The molecule has 0 bridgehead atoms. The van der Waals surface area contributed by atoms with E-state index in [0.29, 0.717) is 23.0 Å². The number of nitrogens with one attached hydrogen (secondary N) is 4. The number of carbonyl (C=O) groups excluding carboxylic acids is 1. The molecule has 172 valence electrons. The second-order valence-corrected chi connectivity index (χ2v) is 9.83. The van der Waals surface area contributed by atoms with E-state index in [0.717, 1.165) is 43.8 Å². The number of pyridine rings is 1. The third-order valence-electron chi connectivity index (χ3n) is 5.91. The van der Waals surface area contributed by atoms with Crippen molar-refractivity contribution in [2.45, 2.75) is 58.0 Å². The summed E-state index contributed by atoms with van der Waals surface area (Å²) in [6.45, 7) is 8.07. The van der Waals surface area contributed by atoms with Crippen LogP contribution in [0.15, 0.2) is 40.9 Å². The number of hydrogen-bond acceptors (Lipinski definition) is 7. The molecule has 0 saturated heterocycles. The smallest absolute Gasteiger partial charge is 0.255 e. The van der Waals surface area contributed by atoms with Gasteiger partial charge in [0.2, 0.25) is 0 Å². The van der Waals surface area contributed by atoms with Crippen LogP contribution in [0.3, 0.4) is 0 Å². The average Bonchev–Trinajstić information content (AvgIpc) is 3.46. The Bertz CT molecular complexity index is 1180. The molecule has 0 atom stereocenters. The summed E-state index contributed by atoms with van der Waals surface area (Å²) in [5.74, 6) is 2.22. The molecule has 1 amide bonds. The van der Waals surface area contributed by atoms with Gasteiger partial charge in [-0.05, 0) is 61.2 Å². The van der Waals surface area contributed by atoms with Crippen LogP contribution in [-0.4, -0.2) is 28.6 Å². The molecule has 0 spiro atoms. The molecule has 1 fully saturated rings. The normalized spacial score (nSPS) is 15.6. The molecule has 4 N–H and O–H groups in total. The summed E-state index contributed by atoms with van der Waals surface area (Å²) in [6, 6.07) is 12.1. The standard InChI is InChI=1S/C25H30N6O2/c1-25(2,3)20-13-22(31-33-20)30-23-19(24(32)28-17-6-7-17)8-9-21(29-23)27-18-5-4-16-14-26-11-10-15(16)12-18/h4-5,8-9,12-13,17,26H,6-7,10-11,14H2,1-3H3,(H,28,32)(H2,27,29,30,31). The number of fused-ring (bicyclic) bond motifs is 1. The van der Waals surface area contributed by atoms with Gasteiger partial charge in [-0.25, -0.2) is 4.98 Å². The van der Waals surface area contributed by atoms with E-state index in [4.69, 9.17) is 9.51 Å². The van der Waals surface area contributed by atoms with Gasteiger partial charge in [0.25, 0.3) is 5.91 Å². The highest BCUT2D eigenvalue weighted by atomic mass is 16.5. The number of anilines is 4. The molecule has 33 heavy (non-hydrogen) atoms. The summed E-state index contributed by atoms with van der Waals surface area (Å²) in [5.41, 5.74) is 3.95. The van der Waals surface area contributed by atoms with Gasteiger partial charge >= 0.3 is 0 Å². The van der Waals surface area contributed by atoms with E-state index in [1.54, 1.807) is 6.07 Å². The minimum atomic E-state index is -0.169. The number of amides is 1. The fourth-order valence-electron chi connectivity index (χ4n) is 3.81. The lowest BCUT2D eigenvalue weighted by molar-refractivity contribution is 0.0951. The summed E-state index contributed by atoms with van der Waals surface area (Å²) < 4.78 is 5.49. The maximum atomic E-state index is 12.8. The van der Waals surface area contributed by atoms with Gasteiger partial charge in [-0.3, -0.25) is 4.79 Å². The number of hydrogen-bond donors (Lipinski definition) is 4. The second-order valence-electron chi connectivity index (χ2n) is 9.83. The topological polar surface area (TPSA) is 104 Å². The highest BCUT2D eigenvalue weighted by molar-refractivity contribution is 6.00. The molecule has 5 rings (SSSR count). The number of nitrogens with zero attached hydrogens (tertiary/aromatic N) is 2. The molecule has 8 heteroatoms. The highest BCUT2D eigenvalue weighted by Gasteiger charge is 2.26. The van der Waals surface area contributed by atoms with E-state index in [9.17, 15) is 4.79 Å². The van der Waals surface area contributed by atoms with Crippen LogP contribution >= 0.6 is 0 Å². The first kappa shape index (κ1) is 21.5. The van der Waals surface area contributed by atoms with Crippen LogP contribution in [-0.2, 0) is 18.4 Å². The highest BCUT2D eigenvalue weighted by Crippen LogP contribution is 2.29. The summed E-state index contributed by atoms with van der Waals surface area (Å²) >= 11 is 0. The van der Waals surface area contributed by atoms with Crippen molar-refractivity contribution in [1.82, 2.24) is 20.8 Å². The van der Waals surface area contributed by atoms with Gasteiger partial charge in [0, 0.05) is 29.8 Å². The fourth-order valence-corrected chi connectivity index (χ4v) is 3.81. The van der Waals surface area contributed by atoms with Crippen molar-refractivity contribution in [3.05, 3.63) is 58.8 Å². The van der Waals surface area contributed by atoms with Crippen molar-refractivity contribution in [2.75, 3.05) is 17.2 Å². The van der Waals surface area contributed by atoms with Crippen LogP contribution < -0.4 is 21.3 Å². The van der Waals surface area contributed by atoms with E-state index < -0.39 is 0 Å². The molecule has 3 aromatic rings. The van der Waals surface area contributed by atoms with E-state index in [-0.39, 0.29) is 17.4 Å². The number of aromatic nitrogens is 2. The Hall–Kier alpha value is -3.39. The van der Waals surface area contributed by atoms with E-state index >= 15 is 0 Å². The van der Waals surface area contributed by atoms with Crippen LogP contribution in [0.4, 0.5) is 23.1 Å². The Labute approximate surface area is 193 Å². The predicted octanol–water partition coefficient (Wildman–Crippen LogP) is 4.39. The lowest BCUT2D eigenvalue weighted by Gasteiger charge is -2.18. The zero-order valence-corrected chi connectivity index (χ0v) is 19.3. The van der Waals surface area contributed by atoms with Gasteiger partial charge in [-0.1, -0.05) is 32.0 Å². The third kappa shape index (κ3) is 5.01. The average molecular weight is 447 g/mol. The Balaban J connectivity index is 1.42. The maximum Gasteiger partial charge on any atom is 0.255 e. The Morgan fingerprint density at radius 2 is 1.91 bits per heavy atom. The zero-order chi connectivity index (χ0) is 23.0. The molecule has 1 saturated carbocycles. The molecular weight excluding hydrogens is 416 g/mol. The van der Waals surface area contributed by atoms with Crippen molar-refractivity contribution in [3.63, 3.8) is 0 Å². The summed E-state index contributed by atoms with van der Waals surface area (Å²) in [5, 5.41) is 17.1. The van der Waals surface area contributed by atoms with E-state index in [1.165, 1.54) is 11.1 Å². The van der Waals surface area contributed by atoms with Crippen LogP contribution in [0.2, 0.25) is 0 Å². The Morgan fingerprint density at radius 3 is 2.67 bits per heavy atom. The van der Waals surface area contributed by atoms with Crippen molar-refractivity contribution < 1.29 is 9.32 Å². The van der Waals surface area contributed by atoms with Gasteiger partial charge in [0.1, 0.15) is 17.4 Å². The van der Waals surface area contributed by atoms with E-state index in [2.05, 4.69) is 65.4 Å². The fraction of sp³-hybridized carbons (Fsp3) is 0.400. The number of rotatable bonds is 6. The van der Waals surface area contributed by atoms with Gasteiger partial charge in [0.15, 0.2) is 5.82 Å². The first-order valence-electron chi connectivity index (χ1n) is 11.5. The Kier molecular flexibility index (Phi) is 5.54. The largest absolute Gasteiger partial charge is 0.359 e. The van der Waals surface area contributed by atoms with Gasteiger partial charge < -0.3 is 25.8 Å². The SMILES string of the molecule is CC(C)(C)c1cc(Nc2nc(Nc3ccc4c(c3)CCNC4)ccc2C(=O)NC2CC2)no1. The second kappa shape index (κ2) is 8.51. The number of carbonyl (C=O) groups is 1. The van der Waals surface area contributed by atoms with Gasteiger partial charge in [0.05, 0.1) is 5.56 Å². The summed E-state index contributed by atoms with van der Waals surface area (Å²) in [7, 11) is 0. The summed E-state index contributed by atoms with van der Waals surface area (Å²) in [4.78, 5) is 17.6. The minimum absolute atomic E-state index is 0.139. The molecule has 0 unspecified atom stereocenters. The molecule has 0 radical (unpaired) electrons. The van der Waals surface area contributed by atoms with Crippen LogP contribution in [0, 0.1) is 0 Å². The quantitative estimate of drug-likeness (QED) is 0.445.